The number of nitrogens with zero attached hydrogens (tertiary/aromatic N) is 1. The molecule has 5 aliphatic rings. The van der Waals surface area contributed by atoms with Crippen molar-refractivity contribution in [2.24, 2.45) is 28.6 Å². The van der Waals surface area contributed by atoms with Crippen molar-refractivity contribution < 1.29 is 13.2 Å². The van der Waals surface area contributed by atoms with Crippen LogP contribution in [-0.4, -0.2) is 37.8 Å². The summed E-state index contributed by atoms with van der Waals surface area (Å²) in [6.45, 7) is 0.908. The Balaban J connectivity index is 1.18. The topological polar surface area (TPSA) is 66.5 Å². The minimum atomic E-state index is -3.63. The van der Waals surface area contributed by atoms with Crippen LogP contribution in [0, 0.1) is 28.6 Å². The average Bonchev–Trinajstić information content (AvgIpc) is 3.24. The molecule has 6 atom stereocenters. The molecule has 1 aromatic rings. The molecule has 1 saturated heterocycles. The van der Waals surface area contributed by atoms with Crippen LogP contribution in [0.25, 0.3) is 0 Å². The monoisotopic (exact) mass is 448 g/mol. The van der Waals surface area contributed by atoms with Crippen LogP contribution in [0.3, 0.4) is 0 Å². The Kier molecular flexibility index (Phi) is 4.21. The van der Waals surface area contributed by atoms with Gasteiger partial charge in [-0.25, -0.2) is 8.42 Å². The number of sulfonamides is 1. The van der Waals surface area contributed by atoms with Gasteiger partial charge in [0.25, 0.3) is 0 Å². The molecule has 1 amide bonds. The Labute approximate surface area is 183 Å². The van der Waals surface area contributed by atoms with E-state index in [9.17, 15) is 13.2 Å². The lowest BCUT2D eigenvalue weighted by molar-refractivity contribution is -0.249. The number of hydrogen-bond donors (Lipinski definition) is 1. The maximum absolute atomic E-state index is 13.3. The number of carbonyl (C=O) groups excluding carboxylic acids is 1. The molecule has 2 bridgehead atoms. The summed E-state index contributed by atoms with van der Waals surface area (Å²) in [5.74, 6) is 2.60. The zero-order valence-corrected chi connectivity index (χ0v) is 18.7. The van der Waals surface area contributed by atoms with Gasteiger partial charge in [-0.15, -0.1) is 0 Å². The van der Waals surface area contributed by atoms with Gasteiger partial charge in [-0.2, -0.15) is 4.31 Å². The predicted octanol–water partition coefficient (Wildman–Crippen LogP) is 3.83. The summed E-state index contributed by atoms with van der Waals surface area (Å²) in [5, 5.41) is 3.64. The van der Waals surface area contributed by atoms with Crippen molar-refractivity contribution in [3.05, 3.63) is 29.3 Å². The summed E-state index contributed by atoms with van der Waals surface area (Å²) in [4.78, 5) is 13.6. The van der Waals surface area contributed by atoms with Crippen LogP contribution < -0.4 is 5.32 Å². The molecule has 1 heterocycles. The molecule has 30 heavy (non-hydrogen) atoms. The van der Waals surface area contributed by atoms with Gasteiger partial charge in [0.15, 0.2) is 0 Å². The van der Waals surface area contributed by atoms with E-state index in [0.29, 0.717) is 23.5 Å². The van der Waals surface area contributed by atoms with Crippen LogP contribution >= 0.6 is 11.6 Å². The highest BCUT2D eigenvalue weighted by Crippen LogP contribution is 2.86. The molecule has 1 aromatic carbocycles. The van der Waals surface area contributed by atoms with E-state index in [0.717, 1.165) is 49.9 Å². The van der Waals surface area contributed by atoms with Crippen molar-refractivity contribution in [3.63, 3.8) is 0 Å². The van der Waals surface area contributed by atoms with Crippen LogP contribution in [0.4, 0.5) is 0 Å². The van der Waals surface area contributed by atoms with E-state index in [2.05, 4.69) is 5.32 Å². The van der Waals surface area contributed by atoms with Crippen LogP contribution in [0.1, 0.15) is 51.4 Å². The number of piperidine rings is 1. The van der Waals surface area contributed by atoms with Crippen molar-refractivity contribution >= 4 is 27.5 Å². The fraction of sp³-hybridized carbons (Fsp3) is 0.696. The van der Waals surface area contributed by atoms with Crippen LogP contribution in [0.15, 0.2) is 29.2 Å². The Morgan fingerprint density at radius 3 is 2.63 bits per heavy atom. The van der Waals surface area contributed by atoms with Gasteiger partial charge in [-0.05, 0) is 86.3 Å². The van der Waals surface area contributed by atoms with E-state index in [4.69, 9.17) is 11.6 Å². The van der Waals surface area contributed by atoms with Crippen LogP contribution in [0.2, 0.25) is 5.02 Å². The van der Waals surface area contributed by atoms with Gasteiger partial charge in [-0.1, -0.05) is 24.1 Å². The molecular weight excluding hydrogens is 420 g/mol. The molecule has 0 radical (unpaired) electrons. The number of amides is 1. The molecule has 1 spiro atoms. The van der Waals surface area contributed by atoms with Crippen LogP contribution in [-0.2, 0) is 14.8 Å². The number of halogens is 1. The van der Waals surface area contributed by atoms with Crippen LogP contribution in [0.5, 0.6) is 0 Å². The molecule has 4 aliphatic carbocycles. The fourth-order valence-corrected chi connectivity index (χ4v) is 10.2. The Hall–Kier alpha value is -1.11. The number of nitrogens with one attached hydrogen (secondary N) is 1. The lowest BCUT2D eigenvalue weighted by Crippen LogP contribution is -2.73. The number of carbonyl (C=O) groups is 1. The molecular formula is C23H29ClN2O3S. The zero-order valence-electron chi connectivity index (χ0n) is 17.1. The van der Waals surface area contributed by atoms with Gasteiger partial charge in [0.05, 0.1) is 10.3 Å². The first-order chi connectivity index (χ1) is 14.4. The lowest BCUT2D eigenvalue weighted by Gasteiger charge is -2.73. The molecule has 0 aromatic heterocycles. The zero-order chi connectivity index (χ0) is 20.7. The highest BCUT2D eigenvalue weighted by Gasteiger charge is 2.83. The van der Waals surface area contributed by atoms with Gasteiger partial charge >= 0.3 is 0 Å². The number of rotatable bonds is 5. The van der Waals surface area contributed by atoms with E-state index in [1.165, 1.54) is 25.3 Å². The molecule has 7 heteroatoms. The van der Waals surface area contributed by atoms with E-state index in [1.807, 2.05) is 0 Å². The molecule has 162 valence electrons. The molecule has 6 rings (SSSR count). The van der Waals surface area contributed by atoms with Crippen molar-refractivity contribution in [2.75, 3.05) is 13.1 Å². The van der Waals surface area contributed by atoms with Crippen molar-refractivity contribution in [3.8, 4) is 0 Å². The summed E-state index contributed by atoms with van der Waals surface area (Å²) in [6.07, 6.45) is 8.66. The summed E-state index contributed by atoms with van der Waals surface area (Å²) < 4.78 is 28.1. The fourth-order valence-electron chi connectivity index (χ4n) is 8.22. The molecule has 1 N–H and O–H groups in total. The first-order valence-corrected chi connectivity index (χ1v) is 13.2. The second kappa shape index (κ2) is 6.46. The Morgan fingerprint density at radius 1 is 1.17 bits per heavy atom. The third-order valence-corrected chi connectivity index (χ3v) is 11.5. The molecule has 4 unspecified atom stereocenters. The Bertz CT molecular complexity index is 993. The maximum atomic E-state index is 13.3. The smallest absolute Gasteiger partial charge is 0.243 e. The molecule has 5 fully saturated rings. The quantitative estimate of drug-likeness (QED) is 0.744. The first-order valence-electron chi connectivity index (χ1n) is 11.4. The molecule has 1 aliphatic heterocycles. The standard InChI is InChI=1S/C23H29ClN2O3S/c24-18-4-3-6-20(10-18)30(28,29)26-7-2-1-5-19(26)14-25-21(27)22-12-16-8-15-9-17(13-22)23(16,22)11-15/h3-4,6,10,15-17,19H,1-2,5,7-9,11-14H2,(H,25,27)/t15?,16-,17+,19?,22?,23?. The van der Waals surface area contributed by atoms with E-state index < -0.39 is 10.0 Å². The number of benzene rings is 1. The summed E-state index contributed by atoms with van der Waals surface area (Å²) in [6, 6.07) is 6.28. The highest BCUT2D eigenvalue weighted by molar-refractivity contribution is 7.89. The Morgan fingerprint density at radius 2 is 1.93 bits per heavy atom. The van der Waals surface area contributed by atoms with Gasteiger partial charge < -0.3 is 5.32 Å². The van der Waals surface area contributed by atoms with Gasteiger partial charge in [0.2, 0.25) is 15.9 Å². The summed E-state index contributed by atoms with van der Waals surface area (Å²) in [5.41, 5.74) is 0.166. The summed E-state index contributed by atoms with van der Waals surface area (Å²) >= 11 is 6.04. The van der Waals surface area contributed by atoms with Gasteiger partial charge in [0, 0.05) is 24.2 Å². The number of hydrogen-bond acceptors (Lipinski definition) is 3. The molecule has 5 nitrogen and oxygen atoms in total. The summed E-state index contributed by atoms with van der Waals surface area (Å²) in [7, 11) is -3.63. The van der Waals surface area contributed by atoms with E-state index in [1.54, 1.807) is 22.5 Å². The van der Waals surface area contributed by atoms with Gasteiger partial charge in [0.1, 0.15) is 0 Å². The van der Waals surface area contributed by atoms with E-state index in [-0.39, 0.29) is 22.3 Å². The van der Waals surface area contributed by atoms with Crippen molar-refractivity contribution in [2.45, 2.75) is 62.3 Å². The highest BCUT2D eigenvalue weighted by atomic mass is 35.5. The number of fused-ring (bicyclic) bond motifs is 1. The van der Waals surface area contributed by atoms with Gasteiger partial charge in [-0.3, -0.25) is 4.79 Å². The lowest BCUT2D eigenvalue weighted by atomic mass is 9.30. The van der Waals surface area contributed by atoms with E-state index >= 15 is 0 Å². The second-order valence-corrected chi connectivity index (χ2v) is 12.7. The third-order valence-electron chi connectivity index (χ3n) is 9.31. The molecule has 4 saturated carbocycles. The van der Waals surface area contributed by atoms with Crippen molar-refractivity contribution in [1.29, 1.82) is 0 Å². The first kappa shape index (κ1) is 19.6. The largest absolute Gasteiger partial charge is 0.354 e. The second-order valence-electron chi connectivity index (χ2n) is 10.4. The SMILES string of the molecule is O=C(NCC1CCCCN1S(=O)(=O)c1cccc(Cl)c1)C12C[C@H]3CC4C[C@@H](C1)C32C4. The third kappa shape index (κ3) is 2.39. The predicted molar refractivity (Wildman–Crippen MR) is 114 cm³/mol. The van der Waals surface area contributed by atoms with Crippen molar-refractivity contribution in [1.82, 2.24) is 9.62 Å². The normalized spacial score (nSPS) is 41.6. The average molecular weight is 449 g/mol. The maximum Gasteiger partial charge on any atom is 0.243 e. The minimum absolute atomic E-state index is 0.140. The minimum Gasteiger partial charge on any atom is -0.354 e.